The number of aromatic nitrogens is 1. The van der Waals surface area contributed by atoms with E-state index in [0.717, 1.165) is 18.9 Å². The van der Waals surface area contributed by atoms with E-state index in [2.05, 4.69) is 29.5 Å². The Labute approximate surface area is 128 Å². The molecule has 114 valence electrons. The molecular formula is C17H30N2S. The Balaban J connectivity index is 1.96. The number of rotatable bonds is 6. The van der Waals surface area contributed by atoms with Crippen molar-refractivity contribution in [3.05, 3.63) is 16.1 Å². The molecule has 1 aliphatic rings. The molecule has 1 aromatic rings. The Hall–Kier alpha value is -0.410. The highest BCUT2D eigenvalue weighted by molar-refractivity contribution is 7.09. The van der Waals surface area contributed by atoms with Gasteiger partial charge in [-0.25, -0.2) is 4.98 Å². The summed E-state index contributed by atoms with van der Waals surface area (Å²) in [6, 6.07) is 0.638. The molecule has 20 heavy (non-hydrogen) atoms. The standard InChI is InChI=1S/C17H30N2S/c1-3-11-18-16(12-17-19-14(2)13-20-17)15-9-7-5-4-6-8-10-15/h13,15-16,18H,3-12H2,1-2H3. The first-order chi connectivity index (χ1) is 9.79. The molecule has 0 amide bonds. The van der Waals surface area contributed by atoms with Gasteiger partial charge in [0, 0.05) is 23.5 Å². The zero-order chi connectivity index (χ0) is 14.2. The Kier molecular flexibility index (Phi) is 7.01. The summed E-state index contributed by atoms with van der Waals surface area (Å²) >= 11 is 1.83. The monoisotopic (exact) mass is 294 g/mol. The summed E-state index contributed by atoms with van der Waals surface area (Å²) in [6.45, 7) is 5.51. The van der Waals surface area contributed by atoms with Gasteiger partial charge in [-0.05, 0) is 38.6 Å². The summed E-state index contributed by atoms with van der Waals surface area (Å²) in [5.41, 5.74) is 1.18. The topological polar surface area (TPSA) is 24.9 Å². The SMILES string of the molecule is CCCNC(Cc1nc(C)cs1)C1CCCCCCC1. The first kappa shape index (κ1) is 16.0. The van der Waals surface area contributed by atoms with Crippen molar-refractivity contribution in [2.24, 2.45) is 5.92 Å². The summed E-state index contributed by atoms with van der Waals surface area (Å²) in [5.74, 6) is 0.853. The quantitative estimate of drug-likeness (QED) is 0.821. The van der Waals surface area contributed by atoms with Crippen LogP contribution in [0, 0.1) is 12.8 Å². The Morgan fingerprint density at radius 1 is 1.25 bits per heavy atom. The smallest absolute Gasteiger partial charge is 0.0943 e. The molecule has 1 heterocycles. The van der Waals surface area contributed by atoms with E-state index < -0.39 is 0 Å². The van der Waals surface area contributed by atoms with Crippen LogP contribution in [0.1, 0.15) is 69.0 Å². The molecule has 1 unspecified atom stereocenters. The van der Waals surface area contributed by atoms with E-state index in [1.807, 2.05) is 11.3 Å². The lowest BCUT2D eigenvalue weighted by Crippen LogP contribution is -2.39. The van der Waals surface area contributed by atoms with Crippen molar-refractivity contribution in [2.75, 3.05) is 6.54 Å². The lowest BCUT2D eigenvalue weighted by atomic mass is 9.84. The molecular weight excluding hydrogens is 264 g/mol. The minimum absolute atomic E-state index is 0.638. The number of thiazole rings is 1. The number of hydrogen-bond acceptors (Lipinski definition) is 3. The first-order valence-electron chi connectivity index (χ1n) is 8.44. The van der Waals surface area contributed by atoms with Crippen LogP contribution in [0.4, 0.5) is 0 Å². The van der Waals surface area contributed by atoms with Crippen LogP contribution in [0.25, 0.3) is 0 Å². The van der Waals surface area contributed by atoms with Gasteiger partial charge in [0.1, 0.15) is 0 Å². The summed E-state index contributed by atoms with van der Waals surface area (Å²) in [4.78, 5) is 4.67. The van der Waals surface area contributed by atoms with Crippen LogP contribution in [-0.2, 0) is 6.42 Å². The Bertz CT molecular complexity index is 367. The highest BCUT2D eigenvalue weighted by atomic mass is 32.1. The van der Waals surface area contributed by atoms with E-state index in [9.17, 15) is 0 Å². The summed E-state index contributed by atoms with van der Waals surface area (Å²) in [7, 11) is 0. The second-order valence-corrected chi connectivity index (χ2v) is 7.20. The molecule has 0 aromatic carbocycles. The highest BCUT2D eigenvalue weighted by Crippen LogP contribution is 2.27. The normalized spacial score (nSPS) is 19.5. The predicted octanol–water partition coefficient (Wildman–Crippen LogP) is 4.72. The summed E-state index contributed by atoms with van der Waals surface area (Å²) in [6.07, 6.45) is 12.3. The van der Waals surface area contributed by atoms with Gasteiger partial charge in [0.2, 0.25) is 0 Å². The van der Waals surface area contributed by atoms with E-state index in [0.29, 0.717) is 6.04 Å². The van der Waals surface area contributed by atoms with E-state index in [4.69, 9.17) is 0 Å². The molecule has 1 saturated carbocycles. The Morgan fingerprint density at radius 3 is 2.55 bits per heavy atom. The maximum Gasteiger partial charge on any atom is 0.0943 e. The van der Waals surface area contributed by atoms with Gasteiger partial charge in [-0.1, -0.05) is 39.0 Å². The van der Waals surface area contributed by atoms with Gasteiger partial charge in [-0.3, -0.25) is 0 Å². The lowest BCUT2D eigenvalue weighted by Gasteiger charge is -2.29. The minimum atomic E-state index is 0.638. The average Bonchev–Trinajstić information content (AvgIpc) is 2.80. The third-order valence-electron chi connectivity index (χ3n) is 4.44. The molecule has 1 fully saturated rings. The van der Waals surface area contributed by atoms with Crippen LogP contribution in [0.5, 0.6) is 0 Å². The highest BCUT2D eigenvalue weighted by Gasteiger charge is 2.22. The molecule has 1 N–H and O–H groups in total. The van der Waals surface area contributed by atoms with E-state index in [1.54, 1.807) is 0 Å². The van der Waals surface area contributed by atoms with Gasteiger partial charge in [0.25, 0.3) is 0 Å². The van der Waals surface area contributed by atoms with Gasteiger partial charge in [-0.2, -0.15) is 0 Å². The van der Waals surface area contributed by atoms with Crippen LogP contribution in [-0.4, -0.2) is 17.6 Å². The number of nitrogens with zero attached hydrogens (tertiary/aromatic N) is 1. The second kappa shape index (κ2) is 8.78. The molecule has 0 aliphatic heterocycles. The molecule has 2 nitrogen and oxygen atoms in total. The largest absolute Gasteiger partial charge is 0.313 e. The number of nitrogens with one attached hydrogen (secondary N) is 1. The zero-order valence-electron chi connectivity index (χ0n) is 13.2. The van der Waals surface area contributed by atoms with E-state index in [1.165, 1.54) is 62.1 Å². The molecule has 0 spiro atoms. The molecule has 0 radical (unpaired) electrons. The van der Waals surface area contributed by atoms with Crippen molar-refractivity contribution in [3.63, 3.8) is 0 Å². The minimum Gasteiger partial charge on any atom is -0.313 e. The van der Waals surface area contributed by atoms with Crippen molar-refractivity contribution in [1.29, 1.82) is 0 Å². The van der Waals surface area contributed by atoms with Crippen LogP contribution < -0.4 is 5.32 Å². The second-order valence-electron chi connectivity index (χ2n) is 6.25. The van der Waals surface area contributed by atoms with Crippen LogP contribution in [0.2, 0.25) is 0 Å². The van der Waals surface area contributed by atoms with Gasteiger partial charge in [0.15, 0.2) is 0 Å². The van der Waals surface area contributed by atoms with E-state index >= 15 is 0 Å². The van der Waals surface area contributed by atoms with E-state index in [-0.39, 0.29) is 0 Å². The van der Waals surface area contributed by atoms with Crippen molar-refractivity contribution < 1.29 is 0 Å². The lowest BCUT2D eigenvalue weighted by molar-refractivity contribution is 0.283. The van der Waals surface area contributed by atoms with Crippen molar-refractivity contribution in [3.8, 4) is 0 Å². The molecule has 0 bridgehead atoms. The first-order valence-corrected chi connectivity index (χ1v) is 9.32. The van der Waals surface area contributed by atoms with Crippen molar-refractivity contribution in [1.82, 2.24) is 10.3 Å². The molecule has 1 aliphatic carbocycles. The van der Waals surface area contributed by atoms with Crippen molar-refractivity contribution in [2.45, 2.75) is 77.7 Å². The predicted molar refractivity (Wildman–Crippen MR) is 88.4 cm³/mol. The van der Waals surface area contributed by atoms with Gasteiger partial charge < -0.3 is 5.32 Å². The summed E-state index contributed by atoms with van der Waals surface area (Å²) < 4.78 is 0. The fourth-order valence-corrected chi connectivity index (χ4v) is 4.14. The van der Waals surface area contributed by atoms with Gasteiger partial charge in [0.05, 0.1) is 5.01 Å². The molecule has 3 heteroatoms. The fraction of sp³-hybridized carbons (Fsp3) is 0.824. The van der Waals surface area contributed by atoms with Gasteiger partial charge in [-0.15, -0.1) is 11.3 Å². The third kappa shape index (κ3) is 5.17. The van der Waals surface area contributed by atoms with Crippen LogP contribution >= 0.6 is 11.3 Å². The average molecular weight is 295 g/mol. The zero-order valence-corrected chi connectivity index (χ0v) is 14.0. The number of aryl methyl sites for hydroxylation is 1. The molecule has 1 atom stereocenters. The molecule has 1 aromatic heterocycles. The fourth-order valence-electron chi connectivity index (χ4n) is 3.31. The maximum atomic E-state index is 4.67. The maximum absolute atomic E-state index is 4.67. The van der Waals surface area contributed by atoms with Crippen LogP contribution in [0.15, 0.2) is 5.38 Å². The molecule has 0 saturated heterocycles. The third-order valence-corrected chi connectivity index (χ3v) is 5.43. The molecule has 2 rings (SSSR count). The van der Waals surface area contributed by atoms with Gasteiger partial charge >= 0.3 is 0 Å². The number of hydrogen-bond donors (Lipinski definition) is 1. The Morgan fingerprint density at radius 2 is 1.95 bits per heavy atom. The van der Waals surface area contributed by atoms with Crippen LogP contribution in [0.3, 0.4) is 0 Å². The van der Waals surface area contributed by atoms with Crippen molar-refractivity contribution >= 4 is 11.3 Å². The summed E-state index contributed by atoms with van der Waals surface area (Å²) in [5, 5.41) is 7.31.